The van der Waals surface area contributed by atoms with Gasteiger partial charge in [0.2, 0.25) is 0 Å². The summed E-state index contributed by atoms with van der Waals surface area (Å²) in [6, 6.07) is 16.7. The van der Waals surface area contributed by atoms with Crippen LogP contribution in [0.25, 0.3) is 0 Å². The van der Waals surface area contributed by atoms with E-state index in [2.05, 4.69) is 74.5 Å². The van der Waals surface area contributed by atoms with Gasteiger partial charge in [-0.3, -0.25) is 0 Å². The van der Waals surface area contributed by atoms with Crippen LogP contribution >= 0.6 is 15.9 Å². The Morgan fingerprint density at radius 1 is 1.20 bits per heavy atom. The predicted molar refractivity (Wildman–Crippen MR) is 100 cm³/mol. The van der Waals surface area contributed by atoms with Crippen LogP contribution in [0.3, 0.4) is 0 Å². The van der Waals surface area contributed by atoms with Crippen molar-refractivity contribution in [2.24, 2.45) is 0 Å². The van der Waals surface area contributed by atoms with Gasteiger partial charge in [-0.05, 0) is 36.8 Å². The largest absolute Gasteiger partial charge is 0.350 e. The number of hydrogen-bond donors (Lipinski definition) is 0. The van der Waals surface area contributed by atoms with Crippen molar-refractivity contribution in [1.29, 1.82) is 0 Å². The highest BCUT2D eigenvalue weighted by molar-refractivity contribution is 9.10. The monoisotopic (exact) mass is 398 g/mol. The Hall–Kier alpha value is -2.18. The van der Waals surface area contributed by atoms with Crippen molar-refractivity contribution in [2.75, 3.05) is 18.1 Å². The third-order valence-electron chi connectivity index (χ3n) is 4.30. The molecule has 1 unspecified atom stereocenters. The quantitative estimate of drug-likeness (QED) is 0.667. The summed E-state index contributed by atoms with van der Waals surface area (Å²) in [7, 11) is 0. The summed E-state index contributed by atoms with van der Waals surface area (Å²) in [5.41, 5.74) is 4.41. The highest BCUT2D eigenvalue weighted by Crippen LogP contribution is 2.31. The molecule has 0 bridgehead atoms. The number of aryl methyl sites for hydroxylation is 1. The number of benzene rings is 2. The fourth-order valence-corrected chi connectivity index (χ4v) is 3.49. The van der Waals surface area contributed by atoms with Gasteiger partial charge < -0.3 is 9.64 Å². The minimum atomic E-state index is -0.182. The summed E-state index contributed by atoms with van der Waals surface area (Å²) >= 11 is 3.50. The van der Waals surface area contributed by atoms with Gasteiger partial charge in [0.25, 0.3) is 0 Å². The minimum absolute atomic E-state index is 0.182. The molecule has 3 aromatic rings. The molecule has 4 rings (SSSR count). The molecule has 1 aliphatic heterocycles. The molecule has 2 aromatic carbocycles. The van der Waals surface area contributed by atoms with Crippen LogP contribution < -0.4 is 4.90 Å². The second-order valence-electron chi connectivity index (χ2n) is 6.22. The van der Waals surface area contributed by atoms with E-state index in [0.717, 1.165) is 22.4 Å². The molecule has 1 fully saturated rings. The first-order chi connectivity index (χ1) is 12.2. The standard InChI is InChI=1S/C19H19BrN4O/c1-14-5-7-17(8-6-14)24-9-10-25-19(24)18-13-23(22-21-18)12-15-3-2-4-16(20)11-15/h2-8,11,13,19H,9-10,12H2,1H3. The Bertz CT molecular complexity index is 862. The van der Waals surface area contributed by atoms with Crippen LogP contribution in [0.4, 0.5) is 5.69 Å². The number of ether oxygens (including phenoxy) is 1. The molecule has 1 atom stereocenters. The van der Waals surface area contributed by atoms with Crippen LogP contribution in [-0.4, -0.2) is 28.1 Å². The normalized spacial score (nSPS) is 17.2. The lowest BCUT2D eigenvalue weighted by Gasteiger charge is -2.23. The molecule has 6 heteroatoms. The third-order valence-corrected chi connectivity index (χ3v) is 4.79. The van der Waals surface area contributed by atoms with Crippen LogP contribution in [-0.2, 0) is 11.3 Å². The van der Waals surface area contributed by atoms with Crippen LogP contribution in [0.15, 0.2) is 59.2 Å². The second kappa shape index (κ2) is 6.98. The Morgan fingerprint density at radius 2 is 2.04 bits per heavy atom. The molecule has 128 valence electrons. The van der Waals surface area contributed by atoms with Crippen LogP contribution in [0.1, 0.15) is 23.0 Å². The topological polar surface area (TPSA) is 43.2 Å². The first kappa shape index (κ1) is 16.3. The maximum Gasteiger partial charge on any atom is 0.177 e. The van der Waals surface area contributed by atoms with Gasteiger partial charge >= 0.3 is 0 Å². The van der Waals surface area contributed by atoms with Crippen molar-refractivity contribution in [3.05, 3.63) is 76.0 Å². The zero-order valence-corrected chi connectivity index (χ0v) is 15.6. The molecule has 0 amide bonds. The summed E-state index contributed by atoms with van der Waals surface area (Å²) in [5.74, 6) is 0. The van der Waals surface area contributed by atoms with E-state index in [4.69, 9.17) is 4.74 Å². The van der Waals surface area contributed by atoms with Gasteiger partial charge in [0.15, 0.2) is 6.23 Å². The van der Waals surface area contributed by atoms with Crippen molar-refractivity contribution in [2.45, 2.75) is 19.7 Å². The minimum Gasteiger partial charge on any atom is -0.350 e. The molecule has 0 radical (unpaired) electrons. The van der Waals surface area contributed by atoms with Crippen LogP contribution in [0.5, 0.6) is 0 Å². The van der Waals surface area contributed by atoms with Crippen molar-refractivity contribution >= 4 is 21.6 Å². The number of nitrogens with zero attached hydrogens (tertiary/aromatic N) is 4. The van der Waals surface area contributed by atoms with E-state index in [-0.39, 0.29) is 6.23 Å². The van der Waals surface area contributed by atoms with Crippen LogP contribution in [0.2, 0.25) is 0 Å². The van der Waals surface area contributed by atoms with Gasteiger partial charge in [-0.25, -0.2) is 4.68 Å². The summed E-state index contributed by atoms with van der Waals surface area (Å²) in [4.78, 5) is 2.23. The maximum absolute atomic E-state index is 5.92. The van der Waals surface area contributed by atoms with Crippen molar-refractivity contribution in [1.82, 2.24) is 15.0 Å². The van der Waals surface area contributed by atoms with Crippen LogP contribution in [0, 0.1) is 6.92 Å². The number of aromatic nitrogens is 3. The SMILES string of the molecule is Cc1ccc(N2CCOC2c2cn(Cc3cccc(Br)c3)nn2)cc1. The Balaban J connectivity index is 1.53. The molecule has 5 nitrogen and oxygen atoms in total. The summed E-state index contributed by atoms with van der Waals surface area (Å²) in [6.07, 6.45) is 1.79. The third kappa shape index (κ3) is 3.60. The fourth-order valence-electron chi connectivity index (χ4n) is 3.04. The lowest BCUT2D eigenvalue weighted by molar-refractivity contribution is 0.110. The van der Waals surface area contributed by atoms with E-state index < -0.39 is 0 Å². The van der Waals surface area contributed by atoms with E-state index in [1.165, 1.54) is 11.1 Å². The first-order valence-electron chi connectivity index (χ1n) is 8.28. The average molecular weight is 399 g/mol. The van der Waals surface area contributed by atoms with Gasteiger partial charge in [0.05, 0.1) is 19.3 Å². The lowest BCUT2D eigenvalue weighted by atomic mass is 10.2. The Morgan fingerprint density at radius 3 is 2.84 bits per heavy atom. The number of hydrogen-bond acceptors (Lipinski definition) is 4. The summed E-state index contributed by atoms with van der Waals surface area (Å²) in [6.45, 7) is 4.32. The van der Waals surface area contributed by atoms with E-state index in [0.29, 0.717) is 13.2 Å². The van der Waals surface area contributed by atoms with Crippen molar-refractivity contribution in [3.63, 3.8) is 0 Å². The fraction of sp³-hybridized carbons (Fsp3) is 0.263. The van der Waals surface area contributed by atoms with Gasteiger partial charge in [-0.15, -0.1) is 5.10 Å². The molecule has 0 aliphatic carbocycles. The van der Waals surface area contributed by atoms with Gasteiger partial charge in [0, 0.05) is 16.7 Å². The highest BCUT2D eigenvalue weighted by Gasteiger charge is 2.29. The van der Waals surface area contributed by atoms with Crippen molar-refractivity contribution < 1.29 is 4.74 Å². The first-order valence-corrected chi connectivity index (χ1v) is 9.08. The van der Waals surface area contributed by atoms with E-state index in [1.54, 1.807) is 0 Å². The summed E-state index contributed by atoms with van der Waals surface area (Å²) < 4.78 is 8.84. The number of halogens is 1. The average Bonchev–Trinajstić information content (AvgIpc) is 3.24. The molecular weight excluding hydrogens is 380 g/mol. The zero-order valence-electron chi connectivity index (χ0n) is 14.0. The highest BCUT2D eigenvalue weighted by atomic mass is 79.9. The molecule has 2 heterocycles. The maximum atomic E-state index is 5.92. The number of rotatable bonds is 4. The van der Waals surface area contributed by atoms with E-state index >= 15 is 0 Å². The molecular formula is C19H19BrN4O. The van der Waals surface area contributed by atoms with Gasteiger partial charge in [0.1, 0.15) is 5.69 Å². The molecule has 25 heavy (non-hydrogen) atoms. The smallest absolute Gasteiger partial charge is 0.177 e. The Labute approximate surface area is 155 Å². The molecule has 0 N–H and O–H groups in total. The molecule has 0 saturated carbocycles. The molecule has 1 aliphatic rings. The zero-order chi connectivity index (χ0) is 17.2. The second-order valence-corrected chi connectivity index (χ2v) is 7.14. The van der Waals surface area contributed by atoms with E-state index in [1.807, 2.05) is 23.0 Å². The molecule has 0 spiro atoms. The van der Waals surface area contributed by atoms with Gasteiger partial charge in [-0.1, -0.05) is 51.0 Å². The van der Waals surface area contributed by atoms with Gasteiger partial charge in [-0.2, -0.15) is 0 Å². The number of anilines is 1. The van der Waals surface area contributed by atoms with E-state index in [9.17, 15) is 0 Å². The lowest BCUT2D eigenvalue weighted by Crippen LogP contribution is -2.23. The molecule has 1 saturated heterocycles. The van der Waals surface area contributed by atoms with Crippen molar-refractivity contribution in [3.8, 4) is 0 Å². The predicted octanol–water partition coefficient (Wildman–Crippen LogP) is 3.93. The molecule has 1 aromatic heterocycles. The summed E-state index contributed by atoms with van der Waals surface area (Å²) in [5, 5.41) is 8.62. The Kier molecular flexibility index (Phi) is 4.55.